The molecule has 0 fully saturated rings. The van der Waals surface area contributed by atoms with Crippen molar-refractivity contribution in [2.75, 3.05) is 13.7 Å². The van der Waals surface area contributed by atoms with Gasteiger partial charge in [0.15, 0.2) is 6.61 Å². The number of rotatable bonds is 8. The Kier molecular flexibility index (Phi) is 6.60. The van der Waals surface area contributed by atoms with Crippen molar-refractivity contribution in [3.05, 3.63) is 59.2 Å². The fourth-order valence-corrected chi connectivity index (χ4v) is 2.53. The Hall–Kier alpha value is -3.02. The van der Waals surface area contributed by atoms with Gasteiger partial charge in [0, 0.05) is 0 Å². The number of carbonyl (C=O) groups is 2. The maximum atomic E-state index is 12.3. The Labute approximate surface area is 152 Å². The number of carbonyl (C=O) groups excluding carboxylic acids is 1. The van der Waals surface area contributed by atoms with Crippen LogP contribution in [0.15, 0.2) is 42.5 Å². The summed E-state index contributed by atoms with van der Waals surface area (Å²) in [7, 11) is 1.61. The molecule has 2 aromatic carbocycles. The van der Waals surface area contributed by atoms with Crippen LogP contribution in [-0.2, 0) is 16.0 Å². The van der Waals surface area contributed by atoms with Crippen LogP contribution >= 0.6 is 0 Å². The van der Waals surface area contributed by atoms with Crippen molar-refractivity contribution < 1.29 is 24.2 Å². The summed E-state index contributed by atoms with van der Waals surface area (Å²) in [5, 5.41) is 11.6. The second kappa shape index (κ2) is 8.89. The Morgan fingerprint density at radius 2 is 1.85 bits per heavy atom. The van der Waals surface area contributed by atoms with Crippen molar-refractivity contribution in [2.24, 2.45) is 0 Å². The van der Waals surface area contributed by atoms with E-state index >= 15 is 0 Å². The monoisotopic (exact) mass is 357 g/mol. The van der Waals surface area contributed by atoms with E-state index in [4.69, 9.17) is 14.6 Å². The molecular weight excluding hydrogens is 334 g/mol. The van der Waals surface area contributed by atoms with Gasteiger partial charge in [0.05, 0.1) is 19.6 Å². The lowest BCUT2D eigenvalue weighted by Gasteiger charge is -2.15. The predicted octanol–water partition coefficient (Wildman–Crippen LogP) is 2.89. The summed E-state index contributed by atoms with van der Waals surface area (Å²) in [5.41, 5.74) is 2.81. The number of hydrogen-bond donors (Lipinski definition) is 2. The first-order valence-electron chi connectivity index (χ1n) is 8.26. The van der Waals surface area contributed by atoms with Gasteiger partial charge in [0.1, 0.15) is 11.5 Å². The largest absolute Gasteiger partial charge is 0.496 e. The number of amides is 1. The third-order valence-electron chi connectivity index (χ3n) is 3.96. The molecule has 0 saturated carbocycles. The van der Waals surface area contributed by atoms with Crippen LogP contribution < -0.4 is 14.8 Å². The standard InChI is InChI=1S/C20H23NO5/c1-13-4-5-15(10-18(13)25-3)11-19(22)21-14(2)16-6-8-17(9-7-16)26-12-20(23)24/h4-10,14H,11-12H2,1-3H3,(H,21,22)(H,23,24). The van der Waals surface area contributed by atoms with Crippen LogP contribution in [0.25, 0.3) is 0 Å². The Balaban J connectivity index is 1.93. The first-order valence-corrected chi connectivity index (χ1v) is 8.26. The summed E-state index contributed by atoms with van der Waals surface area (Å²) < 4.78 is 10.4. The fourth-order valence-electron chi connectivity index (χ4n) is 2.53. The molecule has 1 unspecified atom stereocenters. The lowest BCUT2D eigenvalue weighted by atomic mass is 10.1. The molecule has 2 aromatic rings. The van der Waals surface area contributed by atoms with Crippen molar-refractivity contribution in [1.82, 2.24) is 5.32 Å². The second-order valence-electron chi connectivity index (χ2n) is 6.02. The van der Waals surface area contributed by atoms with E-state index in [-0.39, 0.29) is 25.0 Å². The smallest absolute Gasteiger partial charge is 0.341 e. The summed E-state index contributed by atoms with van der Waals surface area (Å²) in [6, 6.07) is 12.5. The molecule has 1 amide bonds. The molecule has 0 aliphatic heterocycles. The lowest BCUT2D eigenvalue weighted by molar-refractivity contribution is -0.139. The quantitative estimate of drug-likeness (QED) is 0.759. The molecule has 0 aliphatic rings. The highest BCUT2D eigenvalue weighted by molar-refractivity contribution is 5.79. The first-order chi connectivity index (χ1) is 12.4. The van der Waals surface area contributed by atoms with Gasteiger partial charge >= 0.3 is 5.97 Å². The normalized spacial score (nSPS) is 11.5. The zero-order valence-electron chi connectivity index (χ0n) is 15.1. The van der Waals surface area contributed by atoms with Gasteiger partial charge in [-0.05, 0) is 48.7 Å². The van der Waals surface area contributed by atoms with Gasteiger partial charge in [0.2, 0.25) is 5.91 Å². The summed E-state index contributed by atoms with van der Waals surface area (Å²) >= 11 is 0. The van der Waals surface area contributed by atoms with Gasteiger partial charge in [-0.1, -0.05) is 24.3 Å². The van der Waals surface area contributed by atoms with Crippen LogP contribution in [-0.4, -0.2) is 30.7 Å². The summed E-state index contributed by atoms with van der Waals surface area (Å²) in [6.45, 7) is 3.46. The van der Waals surface area contributed by atoms with Gasteiger partial charge in [-0.3, -0.25) is 4.79 Å². The zero-order chi connectivity index (χ0) is 19.1. The molecule has 0 radical (unpaired) electrons. The molecule has 0 aliphatic carbocycles. The molecule has 0 aromatic heterocycles. The van der Waals surface area contributed by atoms with Gasteiger partial charge in [-0.15, -0.1) is 0 Å². The number of aliphatic carboxylic acids is 1. The van der Waals surface area contributed by atoms with Gasteiger partial charge in [0.25, 0.3) is 0 Å². The number of benzene rings is 2. The number of methoxy groups -OCH3 is 1. The van der Waals surface area contributed by atoms with E-state index in [1.807, 2.05) is 32.0 Å². The number of hydrogen-bond acceptors (Lipinski definition) is 4. The maximum absolute atomic E-state index is 12.3. The Morgan fingerprint density at radius 3 is 2.46 bits per heavy atom. The molecule has 0 saturated heterocycles. The molecule has 6 nitrogen and oxygen atoms in total. The minimum Gasteiger partial charge on any atom is -0.496 e. The highest BCUT2D eigenvalue weighted by Gasteiger charge is 2.11. The fraction of sp³-hybridized carbons (Fsp3) is 0.300. The predicted molar refractivity (Wildman–Crippen MR) is 97.6 cm³/mol. The number of aryl methyl sites for hydroxylation is 1. The third-order valence-corrected chi connectivity index (χ3v) is 3.96. The highest BCUT2D eigenvalue weighted by atomic mass is 16.5. The van der Waals surface area contributed by atoms with Crippen LogP contribution in [0.3, 0.4) is 0 Å². The van der Waals surface area contributed by atoms with E-state index in [9.17, 15) is 9.59 Å². The molecule has 6 heteroatoms. The Morgan fingerprint density at radius 1 is 1.15 bits per heavy atom. The Bertz CT molecular complexity index is 770. The number of ether oxygens (including phenoxy) is 2. The minimum atomic E-state index is -1.03. The van der Waals surface area contributed by atoms with Crippen molar-refractivity contribution in [1.29, 1.82) is 0 Å². The van der Waals surface area contributed by atoms with Crippen molar-refractivity contribution in [3.8, 4) is 11.5 Å². The van der Waals surface area contributed by atoms with E-state index in [1.54, 1.807) is 31.4 Å². The third kappa shape index (κ3) is 5.51. The van der Waals surface area contributed by atoms with Crippen LogP contribution in [0, 0.1) is 6.92 Å². The first kappa shape index (κ1) is 19.3. The van der Waals surface area contributed by atoms with E-state index < -0.39 is 5.97 Å². The van der Waals surface area contributed by atoms with Crippen molar-refractivity contribution >= 4 is 11.9 Å². The molecule has 1 atom stereocenters. The zero-order valence-corrected chi connectivity index (χ0v) is 15.1. The van der Waals surface area contributed by atoms with Gasteiger partial charge < -0.3 is 19.9 Å². The summed E-state index contributed by atoms with van der Waals surface area (Å²) in [5.74, 6) is 0.124. The molecule has 2 rings (SSSR count). The SMILES string of the molecule is COc1cc(CC(=O)NC(C)c2ccc(OCC(=O)O)cc2)ccc1C. The number of carboxylic acids is 1. The molecule has 0 bridgehead atoms. The summed E-state index contributed by atoms with van der Waals surface area (Å²) in [4.78, 5) is 22.8. The molecule has 26 heavy (non-hydrogen) atoms. The summed E-state index contributed by atoms with van der Waals surface area (Å²) in [6.07, 6.45) is 0.265. The molecule has 0 spiro atoms. The van der Waals surface area contributed by atoms with Crippen molar-refractivity contribution in [3.63, 3.8) is 0 Å². The van der Waals surface area contributed by atoms with Crippen molar-refractivity contribution in [2.45, 2.75) is 26.3 Å². The molecule has 138 valence electrons. The lowest BCUT2D eigenvalue weighted by Crippen LogP contribution is -2.28. The number of carboxylic acid groups (broad SMARTS) is 1. The van der Waals surface area contributed by atoms with Crippen LogP contribution in [0.2, 0.25) is 0 Å². The molecule has 0 heterocycles. The maximum Gasteiger partial charge on any atom is 0.341 e. The molecule has 2 N–H and O–H groups in total. The second-order valence-corrected chi connectivity index (χ2v) is 6.02. The van der Waals surface area contributed by atoms with E-state index in [0.717, 1.165) is 22.4 Å². The van der Waals surface area contributed by atoms with Crippen LogP contribution in [0.1, 0.15) is 29.7 Å². The van der Waals surface area contributed by atoms with E-state index in [2.05, 4.69) is 5.32 Å². The average Bonchev–Trinajstić information content (AvgIpc) is 2.61. The van der Waals surface area contributed by atoms with E-state index in [1.165, 1.54) is 0 Å². The average molecular weight is 357 g/mol. The highest BCUT2D eigenvalue weighted by Crippen LogP contribution is 2.20. The minimum absolute atomic E-state index is 0.0883. The topological polar surface area (TPSA) is 84.9 Å². The van der Waals surface area contributed by atoms with Gasteiger partial charge in [-0.25, -0.2) is 4.79 Å². The van der Waals surface area contributed by atoms with Gasteiger partial charge in [-0.2, -0.15) is 0 Å². The molecular formula is C20H23NO5. The van der Waals surface area contributed by atoms with Crippen LogP contribution in [0.5, 0.6) is 11.5 Å². The van der Waals surface area contributed by atoms with Crippen LogP contribution in [0.4, 0.5) is 0 Å². The van der Waals surface area contributed by atoms with E-state index in [0.29, 0.717) is 5.75 Å². The number of nitrogens with one attached hydrogen (secondary N) is 1.